The molecule has 1 saturated carbocycles. The fraction of sp³-hybridized carbons (Fsp3) is 0.647. The van der Waals surface area contributed by atoms with Crippen LogP contribution in [0.1, 0.15) is 69.4 Å². The molecule has 0 spiro atoms. The smallest absolute Gasteiger partial charge is 0.251 e. The molecule has 1 aromatic rings. The summed E-state index contributed by atoms with van der Waals surface area (Å²) >= 11 is 0. The van der Waals surface area contributed by atoms with Crippen LogP contribution in [-0.4, -0.2) is 23.9 Å². The Morgan fingerprint density at radius 1 is 1.14 bits per heavy atom. The van der Waals surface area contributed by atoms with E-state index < -0.39 is 0 Å². The Bertz CT molecular complexity index is 527. The maximum Gasteiger partial charge on any atom is 0.251 e. The molecule has 2 heterocycles. The zero-order valence-electron chi connectivity index (χ0n) is 13.2. The second-order valence-corrected chi connectivity index (χ2v) is 5.52. The van der Waals surface area contributed by atoms with Crippen LogP contribution in [0.3, 0.4) is 0 Å². The summed E-state index contributed by atoms with van der Waals surface area (Å²) in [6, 6.07) is 2.05. The quantitative estimate of drug-likeness (QED) is 0.878. The van der Waals surface area contributed by atoms with E-state index in [0.717, 1.165) is 49.3 Å². The number of aromatic amines is 1. The lowest BCUT2D eigenvalue weighted by Crippen LogP contribution is -2.31. The van der Waals surface area contributed by atoms with Gasteiger partial charge in [0.05, 0.1) is 0 Å². The van der Waals surface area contributed by atoms with Crippen LogP contribution in [0.5, 0.6) is 0 Å². The molecule has 0 atom stereocenters. The van der Waals surface area contributed by atoms with Gasteiger partial charge in [0.2, 0.25) is 0 Å². The molecule has 1 aliphatic heterocycles. The molecule has 0 amide bonds. The van der Waals surface area contributed by atoms with Crippen molar-refractivity contribution in [3.63, 3.8) is 0 Å². The monoisotopic (exact) mass is 289 g/mol. The van der Waals surface area contributed by atoms with Crippen LogP contribution >= 0.6 is 0 Å². The molecular formula is C17H27N3O. The first-order chi connectivity index (χ1) is 10.3. The third-order valence-electron chi connectivity index (χ3n) is 4.15. The SMILES string of the molecule is CC.O=c1[nH]cc(C2=NCCCN2)cc1C1CCCCC1. The fourth-order valence-corrected chi connectivity index (χ4v) is 3.08. The van der Waals surface area contributed by atoms with Crippen molar-refractivity contribution in [1.29, 1.82) is 0 Å². The number of aliphatic imine (C=N–C) groups is 1. The van der Waals surface area contributed by atoms with E-state index in [1.165, 1.54) is 19.3 Å². The lowest BCUT2D eigenvalue weighted by Gasteiger charge is -2.22. The third-order valence-corrected chi connectivity index (χ3v) is 4.15. The second-order valence-electron chi connectivity index (χ2n) is 5.52. The van der Waals surface area contributed by atoms with Crippen molar-refractivity contribution in [2.24, 2.45) is 4.99 Å². The predicted molar refractivity (Wildman–Crippen MR) is 88.3 cm³/mol. The molecule has 3 rings (SSSR count). The van der Waals surface area contributed by atoms with E-state index in [-0.39, 0.29) is 5.56 Å². The summed E-state index contributed by atoms with van der Waals surface area (Å²) < 4.78 is 0. The van der Waals surface area contributed by atoms with Gasteiger partial charge in [-0.1, -0.05) is 33.1 Å². The van der Waals surface area contributed by atoms with E-state index in [1.807, 2.05) is 19.9 Å². The van der Waals surface area contributed by atoms with Crippen LogP contribution in [-0.2, 0) is 0 Å². The Morgan fingerprint density at radius 2 is 1.90 bits per heavy atom. The highest BCUT2D eigenvalue weighted by Gasteiger charge is 2.19. The molecule has 0 unspecified atom stereocenters. The average Bonchev–Trinajstić information content (AvgIpc) is 2.59. The van der Waals surface area contributed by atoms with Gasteiger partial charge in [0.25, 0.3) is 5.56 Å². The lowest BCUT2D eigenvalue weighted by atomic mass is 9.84. The van der Waals surface area contributed by atoms with Crippen molar-refractivity contribution >= 4 is 5.84 Å². The number of H-pyrrole nitrogens is 1. The molecule has 1 aromatic heterocycles. The van der Waals surface area contributed by atoms with Gasteiger partial charge in [0.15, 0.2) is 0 Å². The average molecular weight is 289 g/mol. The van der Waals surface area contributed by atoms with Crippen LogP contribution in [0.2, 0.25) is 0 Å². The number of nitrogens with one attached hydrogen (secondary N) is 2. The molecular weight excluding hydrogens is 262 g/mol. The minimum Gasteiger partial charge on any atom is -0.370 e. The van der Waals surface area contributed by atoms with Crippen LogP contribution in [0.15, 0.2) is 22.1 Å². The Labute approximate surface area is 127 Å². The van der Waals surface area contributed by atoms with Gasteiger partial charge in [-0.25, -0.2) is 0 Å². The molecule has 4 nitrogen and oxygen atoms in total. The molecule has 4 heteroatoms. The second kappa shape index (κ2) is 8.01. The summed E-state index contributed by atoms with van der Waals surface area (Å²) in [5.41, 5.74) is 2.05. The van der Waals surface area contributed by atoms with Crippen molar-refractivity contribution in [2.45, 2.75) is 58.3 Å². The molecule has 0 saturated heterocycles. The molecule has 2 N–H and O–H groups in total. The summed E-state index contributed by atoms with van der Waals surface area (Å²) in [5.74, 6) is 1.36. The maximum atomic E-state index is 12.0. The first-order valence-corrected chi connectivity index (χ1v) is 8.36. The maximum absolute atomic E-state index is 12.0. The summed E-state index contributed by atoms with van der Waals surface area (Å²) in [7, 11) is 0. The fourth-order valence-electron chi connectivity index (χ4n) is 3.08. The van der Waals surface area contributed by atoms with Gasteiger partial charge < -0.3 is 10.3 Å². The van der Waals surface area contributed by atoms with Gasteiger partial charge >= 0.3 is 0 Å². The first-order valence-electron chi connectivity index (χ1n) is 8.36. The van der Waals surface area contributed by atoms with Gasteiger partial charge in [-0.05, 0) is 31.2 Å². The third kappa shape index (κ3) is 3.96. The van der Waals surface area contributed by atoms with Gasteiger partial charge in [-0.2, -0.15) is 0 Å². The lowest BCUT2D eigenvalue weighted by molar-refractivity contribution is 0.441. The highest BCUT2D eigenvalue weighted by atomic mass is 16.1. The zero-order valence-corrected chi connectivity index (χ0v) is 13.2. The molecule has 1 aliphatic carbocycles. The van der Waals surface area contributed by atoms with Gasteiger partial charge in [-0.3, -0.25) is 9.79 Å². The van der Waals surface area contributed by atoms with Crippen molar-refractivity contribution in [3.05, 3.63) is 33.7 Å². The highest BCUT2D eigenvalue weighted by Crippen LogP contribution is 2.31. The van der Waals surface area contributed by atoms with Gasteiger partial charge in [0.1, 0.15) is 5.84 Å². The number of hydrogen-bond acceptors (Lipinski definition) is 3. The molecule has 1 fully saturated rings. The topological polar surface area (TPSA) is 57.2 Å². The van der Waals surface area contributed by atoms with E-state index in [4.69, 9.17) is 0 Å². The number of rotatable bonds is 2. The van der Waals surface area contributed by atoms with E-state index >= 15 is 0 Å². The van der Waals surface area contributed by atoms with Crippen LogP contribution in [0.4, 0.5) is 0 Å². The van der Waals surface area contributed by atoms with E-state index in [9.17, 15) is 4.79 Å². The minimum atomic E-state index is 0.0760. The number of aromatic nitrogens is 1. The van der Waals surface area contributed by atoms with Crippen molar-refractivity contribution in [3.8, 4) is 0 Å². The van der Waals surface area contributed by atoms with E-state index in [2.05, 4.69) is 15.3 Å². The Hall–Kier alpha value is -1.58. The summed E-state index contributed by atoms with van der Waals surface area (Å²) in [5, 5.41) is 3.31. The van der Waals surface area contributed by atoms with Gasteiger partial charge in [0, 0.05) is 30.4 Å². The number of nitrogens with zero attached hydrogens (tertiary/aromatic N) is 1. The van der Waals surface area contributed by atoms with Crippen LogP contribution < -0.4 is 10.9 Å². The summed E-state index contributed by atoms with van der Waals surface area (Å²) in [6.07, 6.45) is 8.95. The largest absolute Gasteiger partial charge is 0.370 e. The predicted octanol–water partition coefficient (Wildman–Crippen LogP) is 3.19. The zero-order chi connectivity index (χ0) is 15.1. The van der Waals surface area contributed by atoms with Gasteiger partial charge in [-0.15, -0.1) is 0 Å². The van der Waals surface area contributed by atoms with E-state index in [1.54, 1.807) is 6.20 Å². The van der Waals surface area contributed by atoms with Crippen molar-refractivity contribution in [2.75, 3.05) is 13.1 Å². The number of pyridine rings is 1. The molecule has 0 aromatic carbocycles. The molecule has 116 valence electrons. The minimum absolute atomic E-state index is 0.0760. The molecule has 0 bridgehead atoms. The number of hydrogen-bond donors (Lipinski definition) is 2. The van der Waals surface area contributed by atoms with Crippen LogP contribution in [0, 0.1) is 0 Å². The Kier molecular flexibility index (Phi) is 6.03. The van der Waals surface area contributed by atoms with Crippen molar-refractivity contribution in [1.82, 2.24) is 10.3 Å². The summed E-state index contributed by atoms with van der Waals surface area (Å²) in [6.45, 7) is 5.84. The molecule has 0 radical (unpaired) electrons. The first kappa shape index (κ1) is 15.8. The van der Waals surface area contributed by atoms with Crippen molar-refractivity contribution < 1.29 is 0 Å². The number of amidine groups is 1. The highest BCUT2D eigenvalue weighted by molar-refractivity contribution is 5.98. The molecule has 21 heavy (non-hydrogen) atoms. The Morgan fingerprint density at radius 3 is 2.57 bits per heavy atom. The molecule has 2 aliphatic rings. The van der Waals surface area contributed by atoms with E-state index in [0.29, 0.717) is 5.92 Å². The Balaban J connectivity index is 0.000000774. The summed E-state index contributed by atoms with van der Waals surface area (Å²) in [4.78, 5) is 19.4. The van der Waals surface area contributed by atoms with Crippen LogP contribution in [0.25, 0.3) is 0 Å². The normalized spacial score (nSPS) is 19.0. The standard InChI is InChI=1S/C15H21N3O.C2H6/c19-15-13(11-5-2-1-3-6-11)9-12(10-18-15)14-16-7-4-8-17-14;1-2/h9-11H,1-8H2,(H,16,17)(H,18,19);1-2H3.